The van der Waals surface area contributed by atoms with Crippen molar-refractivity contribution in [1.82, 2.24) is 0 Å². The molecule has 74 valence electrons. The molecule has 1 N–H and O–H groups in total. The predicted octanol–water partition coefficient (Wildman–Crippen LogP) is 3.14. The first-order chi connectivity index (χ1) is 6.81. The largest absolute Gasteiger partial charge is 0.507 e. The van der Waals surface area contributed by atoms with E-state index in [2.05, 4.69) is 0 Å². The molecule has 0 aliphatic rings. The molecule has 0 unspecified atom stereocenters. The van der Waals surface area contributed by atoms with E-state index in [9.17, 15) is 5.11 Å². The molecule has 2 nitrogen and oxygen atoms in total. The zero-order valence-corrected chi connectivity index (χ0v) is 8.80. The number of hydrogen-bond donors (Lipinski definition) is 1. The summed E-state index contributed by atoms with van der Waals surface area (Å²) in [6.07, 6.45) is 0. The Bertz CT molecular complexity index is 434. The molecule has 2 rings (SSSR count). The van der Waals surface area contributed by atoms with Gasteiger partial charge in [0.05, 0.1) is 6.61 Å². The van der Waals surface area contributed by atoms with E-state index < -0.39 is 0 Å². The molecule has 0 saturated carbocycles. The van der Waals surface area contributed by atoms with Crippen LogP contribution in [0, 0.1) is 0 Å². The fraction of sp³-hybridized carbons (Fsp3) is 0.273. The number of fused-ring (bicyclic) bond motifs is 1. The van der Waals surface area contributed by atoms with Gasteiger partial charge >= 0.3 is 0 Å². The van der Waals surface area contributed by atoms with E-state index in [4.69, 9.17) is 4.74 Å². The van der Waals surface area contributed by atoms with Crippen LogP contribution in [0.25, 0.3) is 10.1 Å². The van der Waals surface area contributed by atoms with Crippen molar-refractivity contribution in [3.63, 3.8) is 0 Å². The summed E-state index contributed by atoms with van der Waals surface area (Å²) in [4.78, 5) is 1.16. The minimum atomic E-state index is 0.349. The van der Waals surface area contributed by atoms with Gasteiger partial charge < -0.3 is 9.84 Å². The summed E-state index contributed by atoms with van der Waals surface area (Å²) in [5.41, 5.74) is 0. The van der Waals surface area contributed by atoms with E-state index in [1.165, 1.54) is 0 Å². The van der Waals surface area contributed by atoms with Gasteiger partial charge in [-0.2, -0.15) is 0 Å². The molecular weight excluding hydrogens is 196 g/mol. The molecule has 0 fully saturated rings. The highest BCUT2D eigenvalue weighted by atomic mass is 32.1. The first-order valence-corrected chi connectivity index (χ1v) is 5.41. The number of phenolic OH excluding ortho intramolecular Hbond substituents is 1. The Labute approximate surface area is 86.8 Å². The van der Waals surface area contributed by atoms with Crippen LogP contribution in [0.5, 0.6) is 5.75 Å². The second kappa shape index (κ2) is 3.98. The Balaban J connectivity index is 2.36. The standard InChI is InChI=1S/C11H12O2S/c1-2-13-7-8-6-9-10(12)4-3-5-11(9)14-8/h3-6,12H,2,7H2,1H3. The molecule has 0 spiro atoms. The molecule has 0 aliphatic carbocycles. The zero-order valence-electron chi connectivity index (χ0n) is 7.99. The lowest BCUT2D eigenvalue weighted by Gasteiger charge is -1.94. The van der Waals surface area contributed by atoms with Crippen LogP contribution in [0.15, 0.2) is 24.3 Å². The van der Waals surface area contributed by atoms with Gasteiger partial charge in [-0.25, -0.2) is 0 Å². The molecule has 1 aromatic heterocycles. The van der Waals surface area contributed by atoms with Crippen LogP contribution in [0.3, 0.4) is 0 Å². The summed E-state index contributed by atoms with van der Waals surface area (Å²) < 4.78 is 6.43. The number of phenols is 1. The fourth-order valence-corrected chi connectivity index (χ4v) is 2.39. The third-order valence-electron chi connectivity index (χ3n) is 2.04. The van der Waals surface area contributed by atoms with Gasteiger partial charge in [0.15, 0.2) is 0 Å². The Morgan fingerprint density at radius 1 is 1.43 bits per heavy atom. The summed E-state index contributed by atoms with van der Waals surface area (Å²) in [6.45, 7) is 3.33. The lowest BCUT2D eigenvalue weighted by Crippen LogP contribution is -1.87. The van der Waals surface area contributed by atoms with Gasteiger partial charge in [-0.05, 0) is 25.1 Å². The summed E-state index contributed by atoms with van der Waals surface area (Å²) in [5, 5.41) is 10.5. The number of hydrogen-bond acceptors (Lipinski definition) is 3. The van der Waals surface area contributed by atoms with Gasteiger partial charge in [0, 0.05) is 21.6 Å². The number of benzene rings is 1. The number of aromatic hydroxyl groups is 1. The second-order valence-corrected chi connectivity index (χ2v) is 4.21. The molecule has 1 aromatic carbocycles. The van der Waals surface area contributed by atoms with Crippen LogP contribution in [-0.4, -0.2) is 11.7 Å². The molecule has 0 saturated heterocycles. The number of ether oxygens (including phenoxy) is 1. The molecule has 1 heterocycles. The average Bonchev–Trinajstić information content (AvgIpc) is 2.59. The first-order valence-electron chi connectivity index (χ1n) is 4.59. The lowest BCUT2D eigenvalue weighted by atomic mass is 10.2. The van der Waals surface area contributed by atoms with Gasteiger partial charge in [-0.1, -0.05) is 6.07 Å². The highest BCUT2D eigenvalue weighted by molar-refractivity contribution is 7.19. The third kappa shape index (κ3) is 1.74. The molecule has 3 heteroatoms. The molecule has 0 amide bonds. The first kappa shape index (κ1) is 9.49. The van der Waals surface area contributed by atoms with Crippen molar-refractivity contribution in [2.75, 3.05) is 6.61 Å². The Kier molecular flexibility index (Phi) is 2.70. The van der Waals surface area contributed by atoms with E-state index in [1.54, 1.807) is 17.4 Å². The van der Waals surface area contributed by atoms with Crippen molar-refractivity contribution in [1.29, 1.82) is 0 Å². The monoisotopic (exact) mass is 208 g/mol. The molecule has 0 atom stereocenters. The Morgan fingerprint density at radius 3 is 3.00 bits per heavy atom. The molecule has 0 bridgehead atoms. The van der Waals surface area contributed by atoms with Crippen molar-refractivity contribution in [3.05, 3.63) is 29.1 Å². The molecular formula is C11H12O2S. The molecule has 2 aromatic rings. The predicted molar refractivity (Wildman–Crippen MR) is 58.8 cm³/mol. The van der Waals surface area contributed by atoms with Gasteiger partial charge in [0.1, 0.15) is 5.75 Å². The summed E-state index contributed by atoms with van der Waals surface area (Å²) in [6, 6.07) is 7.57. The highest BCUT2D eigenvalue weighted by Gasteiger charge is 2.04. The van der Waals surface area contributed by atoms with Gasteiger partial charge in [-0.15, -0.1) is 11.3 Å². The Morgan fingerprint density at radius 2 is 2.29 bits per heavy atom. The Hall–Kier alpha value is -1.06. The molecule has 14 heavy (non-hydrogen) atoms. The number of rotatable bonds is 3. The van der Waals surface area contributed by atoms with Gasteiger partial charge in [-0.3, -0.25) is 0 Å². The maximum absolute atomic E-state index is 9.58. The van der Waals surface area contributed by atoms with Gasteiger partial charge in [0.2, 0.25) is 0 Å². The van der Waals surface area contributed by atoms with Crippen LogP contribution in [-0.2, 0) is 11.3 Å². The third-order valence-corrected chi connectivity index (χ3v) is 3.11. The SMILES string of the molecule is CCOCc1cc2c(O)cccc2s1. The van der Waals surface area contributed by atoms with Crippen molar-refractivity contribution in [3.8, 4) is 5.75 Å². The maximum Gasteiger partial charge on any atom is 0.124 e. The van der Waals surface area contributed by atoms with Crippen molar-refractivity contribution >= 4 is 21.4 Å². The van der Waals surface area contributed by atoms with E-state index >= 15 is 0 Å². The average molecular weight is 208 g/mol. The van der Waals surface area contributed by atoms with Crippen LogP contribution < -0.4 is 0 Å². The van der Waals surface area contributed by atoms with Gasteiger partial charge in [0.25, 0.3) is 0 Å². The van der Waals surface area contributed by atoms with E-state index in [0.717, 1.165) is 21.6 Å². The quantitative estimate of drug-likeness (QED) is 0.839. The summed E-state index contributed by atoms with van der Waals surface area (Å²) in [5.74, 6) is 0.349. The zero-order chi connectivity index (χ0) is 9.97. The van der Waals surface area contributed by atoms with E-state index in [1.807, 2.05) is 25.1 Å². The van der Waals surface area contributed by atoms with Crippen LogP contribution in [0.1, 0.15) is 11.8 Å². The lowest BCUT2D eigenvalue weighted by molar-refractivity contribution is 0.136. The summed E-state index contributed by atoms with van der Waals surface area (Å²) >= 11 is 1.67. The topological polar surface area (TPSA) is 29.5 Å². The van der Waals surface area contributed by atoms with E-state index in [-0.39, 0.29) is 0 Å². The van der Waals surface area contributed by atoms with Crippen LogP contribution in [0.4, 0.5) is 0 Å². The fourth-order valence-electron chi connectivity index (χ4n) is 1.37. The summed E-state index contributed by atoms with van der Waals surface area (Å²) in [7, 11) is 0. The van der Waals surface area contributed by atoms with Crippen molar-refractivity contribution in [2.24, 2.45) is 0 Å². The molecule has 0 radical (unpaired) electrons. The molecule has 0 aliphatic heterocycles. The van der Waals surface area contributed by atoms with Crippen LogP contribution in [0.2, 0.25) is 0 Å². The van der Waals surface area contributed by atoms with E-state index in [0.29, 0.717) is 12.4 Å². The second-order valence-electron chi connectivity index (χ2n) is 3.04. The smallest absolute Gasteiger partial charge is 0.124 e. The highest BCUT2D eigenvalue weighted by Crippen LogP contribution is 2.32. The maximum atomic E-state index is 9.58. The minimum absolute atomic E-state index is 0.349. The minimum Gasteiger partial charge on any atom is -0.507 e. The van der Waals surface area contributed by atoms with Crippen molar-refractivity contribution < 1.29 is 9.84 Å². The van der Waals surface area contributed by atoms with Crippen molar-refractivity contribution in [2.45, 2.75) is 13.5 Å². The van der Waals surface area contributed by atoms with Crippen LogP contribution >= 0.6 is 11.3 Å². The number of thiophene rings is 1. The normalized spacial score (nSPS) is 10.9.